The molecule has 4 nitrogen and oxygen atoms in total. The monoisotopic (exact) mass is 310 g/mol. The van der Waals surface area contributed by atoms with Gasteiger partial charge < -0.3 is 15.0 Å². The lowest BCUT2D eigenvalue weighted by Gasteiger charge is -2.26. The van der Waals surface area contributed by atoms with Crippen LogP contribution in [-0.2, 0) is 11.3 Å². The normalized spacial score (nSPS) is 15.0. The molecule has 0 atom stereocenters. The van der Waals surface area contributed by atoms with E-state index in [4.69, 9.17) is 16.3 Å². The highest BCUT2D eigenvalue weighted by molar-refractivity contribution is 6.31. The minimum Gasteiger partial charge on any atom is -0.483 e. The molecular formula is C16H23ClN2O2. The highest BCUT2D eigenvalue weighted by atomic mass is 35.5. The molecule has 0 unspecified atom stereocenters. The third-order valence-corrected chi connectivity index (χ3v) is 4.04. The van der Waals surface area contributed by atoms with Crippen LogP contribution in [0.4, 0.5) is 0 Å². The van der Waals surface area contributed by atoms with Crippen molar-refractivity contribution < 1.29 is 9.53 Å². The molecule has 116 valence electrons. The fourth-order valence-corrected chi connectivity index (χ4v) is 2.70. The number of likely N-dealkylation sites (tertiary alicyclic amines) is 1. The first-order valence-corrected chi connectivity index (χ1v) is 7.99. The first-order valence-electron chi connectivity index (χ1n) is 7.61. The number of hydrogen-bond acceptors (Lipinski definition) is 3. The Morgan fingerprint density at radius 3 is 2.81 bits per heavy atom. The van der Waals surface area contributed by atoms with Gasteiger partial charge in [-0.3, -0.25) is 4.79 Å². The molecule has 1 aliphatic rings. The zero-order valence-electron chi connectivity index (χ0n) is 12.5. The first-order chi connectivity index (χ1) is 10.2. The summed E-state index contributed by atoms with van der Waals surface area (Å²) in [6.07, 6.45) is 3.40. The van der Waals surface area contributed by atoms with Gasteiger partial charge in [-0.25, -0.2) is 0 Å². The van der Waals surface area contributed by atoms with Gasteiger partial charge in [0.05, 0.1) is 0 Å². The number of ether oxygens (including phenoxy) is 1. The van der Waals surface area contributed by atoms with E-state index in [0.717, 1.165) is 38.0 Å². The second kappa shape index (κ2) is 8.25. The van der Waals surface area contributed by atoms with Crippen molar-refractivity contribution in [3.63, 3.8) is 0 Å². The second-order valence-electron chi connectivity index (χ2n) is 5.23. The van der Waals surface area contributed by atoms with Crippen molar-refractivity contribution in [2.75, 3.05) is 26.2 Å². The lowest BCUT2D eigenvalue weighted by molar-refractivity contribution is -0.134. The van der Waals surface area contributed by atoms with Crippen LogP contribution in [0.2, 0.25) is 5.02 Å². The third-order valence-electron chi connectivity index (χ3n) is 3.69. The number of benzene rings is 1. The van der Waals surface area contributed by atoms with E-state index in [0.29, 0.717) is 17.3 Å². The van der Waals surface area contributed by atoms with E-state index in [9.17, 15) is 4.79 Å². The van der Waals surface area contributed by atoms with Crippen LogP contribution < -0.4 is 10.1 Å². The maximum absolute atomic E-state index is 12.1. The van der Waals surface area contributed by atoms with Gasteiger partial charge >= 0.3 is 0 Å². The predicted molar refractivity (Wildman–Crippen MR) is 84.8 cm³/mol. The zero-order chi connectivity index (χ0) is 15.1. The Morgan fingerprint density at radius 1 is 1.33 bits per heavy atom. The van der Waals surface area contributed by atoms with Gasteiger partial charge in [0, 0.05) is 30.2 Å². The van der Waals surface area contributed by atoms with Crippen LogP contribution in [0, 0.1) is 0 Å². The van der Waals surface area contributed by atoms with Crippen LogP contribution in [0.3, 0.4) is 0 Å². The smallest absolute Gasteiger partial charge is 0.260 e. The van der Waals surface area contributed by atoms with Gasteiger partial charge in [0.1, 0.15) is 5.75 Å². The van der Waals surface area contributed by atoms with E-state index in [-0.39, 0.29) is 12.5 Å². The van der Waals surface area contributed by atoms with Crippen LogP contribution in [0.5, 0.6) is 5.75 Å². The topological polar surface area (TPSA) is 41.6 Å². The molecule has 1 N–H and O–H groups in total. The Balaban J connectivity index is 1.95. The Hall–Kier alpha value is -1.26. The second-order valence-corrected chi connectivity index (χ2v) is 5.63. The van der Waals surface area contributed by atoms with E-state index in [1.807, 2.05) is 30.0 Å². The fourth-order valence-electron chi connectivity index (χ4n) is 2.47. The first kappa shape index (κ1) is 16.1. The van der Waals surface area contributed by atoms with Gasteiger partial charge in [-0.1, -0.05) is 24.6 Å². The van der Waals surface area contributed by atoms with Gasteiger partial charge in [0.25, 0.3) is 5.91 Å². The molecular weight excluding hydrogens is 288 g/mol. The van der Waals surface area contributed by atoms with Crippen LogP contribution in [0.25, 0.3) is 0 Å². The van der Waals surface area contributed by atoms with Crippen molar-refractivity contribution in [3.05, 3.63) is 28.8 Å². The molecule has 0 aromatic heterocycles. The molecule has 0 bridgehead atoms. The zero-order valence-corrected chi connectivity index (χ0v) is 13.3. The van der Waals surface area contributed by atoms with Gasteiger partial charge in [0.2, 0.25) is 0 Å². The number of carbonyl (C=O) groups is 1. The van der Waals surface area contributed by atoms with Crippen LogP contribution in [-0.4, -0.2) is 37.0 Å². The number of carbonyl (C=O) groups excluding carboxylic acids is 1. The molecule has 21 heavy (non-hydrogen) atoms. The molecule has 1 aromatic rings. The Bertz CT molecular complexity index is 473. The SMILES string of the molecule is CCNCc1c(Cl)cccc1OCC(=O)N1CCCCC1. The minimum absolute atomic E-state index is 0.0593. The third kappa shape index (κ3) is 4.61. The number of amides is 1. The molecule has 0 aliphatic carbocycles. The van der Waals surface area contributed by atoms with Gasteiger partial charge in [-0.05, 0) is 37.9 Å². The van der Waals surface area contributed by atoms with Crippen LogP contribution in [0.15, 0.2) is 18.2 Å². The average molecular weight is 311 g/mol. The minimum atomic E-state index is 0.0593. The quantitative estimate of drug-likeness (QED) is 0.878. The Labute approximate surface area is 131 Å². The Kier molecular flexibility index (Phi) is 6.33. The molecule has 0 spiro atoms. The summed E-state index contributed by atoms with van der Waals surface area (Å²) in [4.78, 5) is 14.0. The summed E-state index contributed by atoms with van der Waals surface area (Å²) in [6.45, 7) is 5.32. The molecule has 2 rings (SSSR count). The van der Waals surface area contributed by atoms with Crippen LogP contribution >= 0.6 is 11.6 Å². The van der Waals surface area contributed by atoms with Crippen molar-refractivity contribution in [1.29, 1.82) is 0 Å². The number of halogens is 1. The molecule has 1 heterocycles. The molecule has 1 fully saturated rings. The Morgan fingerprint density at radius 2 is 2.10 bits per heavy atom. The van der Waals surface area contributed by atoms with Gasteiger partial charge in [-0.15, -0.1) is 0 Å². The van der Waals surface area contributed by atoms with Crippen LogP contribution in [0.1, 0.15) is 31.7 Å². The maximum atomic E-state index is 12.1. The van der Waals surface area contributed by atoms with E-state index in [1.54, 1.807) is 0 Å². The molecule has 0 radical (unpaired) electrons. The van der Waals surface area contributed by atoms with Crippen molar-refractivity contribution in [1.82, 2.24) is 10.2 Å². The summed E-state index contributed by atoms with van der Waals surface area (Å²) < 4.78 is 5.71. The number of hydrogen-bond donors (Lipinski definition) is 1. The summed E-state index contributed by atoms with van der Waals surface area (Å²) in [7, 11) is 0. The summed E-state index contributed by atoms with van der Waals surface area (Å²) >= 11 is 6.21. The highest BCUT2D eigenvalue weighted by Crippen LogP contribution is 2.26. The molecule has 1 amide bonds. The van der Waals surface area contributed by atoms with Crippen molar-refractivity contribution in [3.8, 4) is 5.75 Å². The molecule has 1 saturated heterocycles. The number of nitrogens with zero attached hydrogens (tertiary/aromatic N) is 1. The fraction of sp³-hybridized carbons (Fsp3) is 0.562. The predicted octanol–water partition coefficient (Wildman–Crippen LogP) is 2.84. The lowest BCUT2D eigenvalue weighted by Crippen LogP contribution is -2.38. The number of rotatable bonds is 6. The molecule has 1 aliphatic heterocycles. The molecule has 5 heteroatoms. The van der Waals surface area contributed by atoms with Crippen molar-refractivity contribution in [2.45, 2.75) is 32.7 Å². The van der Waals surface area contributed by atoms with Gasteiger partial charge in [-0.2, -0.15) is 0 Å². The standard InChI is InChI=1S/C16H23ClN2O2/c1-2-18-11-13-14(17)7-6-8-15(13)21-12-16(20)19-9-4-3-5-10-19/h6-8,18H,2-5,9-12H2,1H3. The largest absolute Gasteiger partial charge is 0.483 e. The van der Waals surface area contributed by atoms with Gasteiger partial charge in [0.15, 0.2) is 6.61 Å². The lowest BCUT2D eigenvalue weighted by atomic mass is 10.1. The van der Waals surface area contributed by atoms with E-state index in [2.05, 4.69) is 5.32 Å². The average Bonchev–Trinajstić information content (AvgIpc) is 2.52. The van der Waals surface area contributed by atoms with Crippen molar-refractivity contribution in [2.24, 2.45) is 0 Å². The highest BCUT2D eigenvalue weighted by Gasteiger charge is 2.17. The van der Waals surface area contributed by atoms with E-state index in [1.165, 1.54) is 6.42 Å². The molecule has 1 aromatic carbocycles. The number of nitrogens with one attached hydrogen (secondary N) is 1. The van der Waals surface area contributed by atoms with E-state index < -0.39 is 0 Å². The summed E-state index contributed by atoms with van der Waals surface area (Å²) in [5.74, 6) is 0.748. The number of piperidine rings is 1. The summed E-state index contributed by atoms with van der Waals surface area (Å²) in [5.41, 5.74) is 0.910. The van der Waals surface area contributed by atoms with E-state index >= 15 is 0 Å². The maximum Gasteiger partial charge on any atom is 0.260 e. The molecule has 0 saturated carbocycles. The summed E-state index contributed by atoms with van der Waals surface area (Å²) in [6, 6.07) is 5.55. The van der Waals surface area contributed by atoms with Crippen molar-refractivity contribution >= 4 is 17.5 Å². The summed E-state index contributed by atoms with van der Waals surface area (Å²) in [5, 5.41) is 3.90.